The van der Waals surface area contributed by atoms with Gasteiger partial charge in [0.15, 0.2) is 0 Å². The molecular formula is C14H20ClNOSiZn. The first-order valence-corrected chi connectivity index (χ1v) is 14.0. The third kappa shape index (κ3) is 5.78. The normalized spacial score (nSPS) is 11.3. The molecule has 1 heterocycles. The molecule has 1 aromatic carbocycles. The van der Waals surface area contributed by atoms with Gasteiger partial charge in [0.25, 0.3) is 0 Å². The zero-order chi connectivity index (χ0) is 14.3. The number of nitrogens with zero attached hydrogens (tertiary/aromatic N) is 1. The summed E-state index contributed by atoms with van der Waals surface area (Å²) in [5.41, 5.74) is 1.19. The van der Waals surface area contributed by atoms with E-state index in [0.29, 0.717) is 6.73 Å². The van der Waals surface area contributed by atoms with Gasteiger partial charge >= 0.3 is 27.0 Å². The van der Waals surface area contributed by atoms with E-state index in [1.54, 1.807) is 0 Å². The van der Waals surface area contributed by atoms with Crippen LogP contribution in [0.5, 0.6) is 0 Å². The Morgan fingerprint density at radius 1 is 1.26 bits per heavy atom. The SMILES string of the molecule is C[Si](C)(C)CCOCn1[c-]cc2ccccc21.[Cl][Zn+]. The Balaban J connectivity index is 0.000000861. The van der Waals surface area contributed by atoms with Crippen molar-refractivity contribution in [3.8, 4) is 0 Å². The number of ether oxygens (including phenoxy) is 1. The molecule has 0 unspecified atom stereocenters. The van der Waals surface area contributed by atoms with Crippen molar-refractivity contribution in [2.45, 2.75) is 32.4 Å². The molecule has 0 aliphatic heterocycles. The average molecular weight is 347 g/mol. The molecule has 1 aromatic heterocycles. The molecule has 0 saturated carbocycles. The molecule has 2 rings (SSSR count). The summed E-state index contributed by atoms with van der Waals surface area (Å²) in [5.74, 6) is 0. The Bertz CT molecular complexity index is 495. The van der Waals surface area contributed by atoms with Gasteiger partial charge in [-0.05, 0) is 6.04 Å². The first-order chi connectivity index (χ1) is 9.06. The van der Waals surface area contributed by atoms with Gasteiger partial charge in [0.05, 0.1) is 0 Å². The molecule has 19 heavy (non-hydrogen) atoms. The third-order valence-corrected chi connectivity index (χ3v) is 4.52. The predicted molar refractivity (Wildman–Crippen MR) is 80.7 cm³/mol. The molecule has 0 bridgehead atoms. The summed E-state index contributed by atoms with van der Waals surface area (Å²) in [4.78, 5) is 0. The topological polar surface area (TPSA) is 14.2 Å². The second-order valence-corrected chi connectivity index (χ2v) is 11.2. The number of halogens is 1. The Labute approximate surface area is 130 Å². The minimum atomic E-state index is -0.977. The molecule has 2 nitrogen and oxygen atoms in total. The van der Waals surface area contributed by atoms with Crippen LogP contribution in [0.1, 0.15) is 0 Å². The van der Waals surface area contributed by atoms with E-state index >= 15 is 0 Å². The average Bonchev–Trinajstić information content (AvgIpc) is 2.79. The Hall–Kier alpha value is -0.150. The second kappa shape index (κ2) is 8.21. The van der Waals surface area contributed by atoms with Crippen molar-refractivity contribution in [3.63, 3.8) is 0 Å². The molecule has 2 aromatic rings. The molecule has 0 aliphatic carbocycles. The van der Waals surface area contributed by atoms with Crippen LogP contribution in [0.15, 0.2) is 30.3 Å². The van der Waals surface area contributed by atoms with E-state index in [4.69, 9.17) is 14.4 Å². The number of benzene rings is 1. The fourth-order valence-corrected chi connectivity index (χ4v) is 2.47. The van der Waals surface area contributed by atoms with Crippen LogP contribution >= 0.6 is 9.69 Å². The second-order valence-electron chi connectivity index (χ2n) is 5.61. The summed E-state index contributed by atoms with van der Waals surface area (Å²) < 4.78 is 7.77. The number of hydrogen-bond acceptors (Lipinski definition) is 1. The summed E-state index contributed by atoms with van der Waals surface area (Å²) in [6.45, 7) is 8.57. The van der Waals surface area contributed by atoms with Gasteiger partial charge in [0, 0.05) is 14.7 Å². The zero-order valence-electron chi connectivity index (χ0n) is 11.9. The van der Waals surface area contributed by atoms with Crippen LogP contribution in [0.25, 0.3) is 10.9 Å². The van der Waals surface area contributed by atoms with Crippen molar-refractivity contribution in [2.24, 2.45) is 0 Å². The molecule has 0 radical (unpaired) electrons. The summed E-state index contributed by atoms with van der Waals surface area (Å²) in [7, 11) is 3.79. The van der Waals surface area contributed by atoms with Crippen LogP contribution in [0, 0.1) is 6.20 Å². The van der Waals surface area contributed by atoms with Gasteiger partial charge in [0.1, 0.15) is 6.73 Å². The number of para-hydroxylation sites is 1. The van der Waals surface area contributed by atoms with Gasteiger partial charge in [-0.15, -0.1) is 23.8 Å². The maximum atomic E-state index is 5.73. The summed E-state index contributed by atoms with van der Waals surface area (Å²) in [6, 6.07) is 11.5. The van der Waals surface area contributed by atoms with E-state index in [2.05, 4.69) is 44.0 Å². The quantitative estimate of drug-likeness (QED) is 0.443. The third-order valence-electron chi connectivity index (χ3n) is 2.82. The zero-order valence-corrected chi connectivity index (χ0v) is 16.7. The van der Waals surface area contributed by atoms with Gasteiger partial charge in [-0.3, -0.25) is 0 Å². The van der Waals surface area contributed by atoms with Crippen molar-refractivity contribution < 1.29 is 22.0 Å². The van der Waals surface area contributed by atoms with Crippen molar-refractivity contribution in [2.75, 3.05) is 6.61 Å². The van der Waals surface area contributed by atoms with E-state index in [0.717, 1.165) is 23.9 Å². The molecule has 5 heteroatoms. The summed E-state index contributed by atoms with van der Waals surface area (Å²) in [6.07, 6.45) is 3.21. The van der Waals surface area contributed by atoms with Gasteiger partial charge in [-0.25, -0.2) is 0 Å². The number of fused-ring (bicyclic) bond motifs is 1. The molecule has 0 atom stereocenters. The van der Waals surface area contributed by atoms with Gasteiger partial charge in [-0.1, -0.05) is 31.8 Å². The maximum absolute atomic E-state index is 5.73. The number of hydrogen-bond donors (Lipinski definition) is 0. The standard InChI is InChI=1S/C14H20NOSi.ClH.Zn/c1-17(2,3)11-10-16-12-15-9-8-13-6-4-5-7-14(13)15;;/h4-8H,10-12H2,1-3H3;1H;/q-1;;+2/p-1. The fourth-order valence-electron chi connectivity index (χ4n) is 1.71. The van der Waals surface area contributed by atoms with Crippen LogP contribution in [0.4, 0.5) is 0 Å². The van der Waals surface area contributed by atoms with Crippen LogP contribution in [-0.2, 0) is 28.8 Å². The van der Waals surface area contributed by atoms with Crippen molar-refractivity contribution in [3.05, 3.63) is 36.5 Å². The summed E-state index contributed by atoms with van der Waals surface area (Å²) in [5, 5.41) is 1.22. The molecule has 0 amide bonds. The Morgan fingerprint density at radius 2 is 1.95 bits per heavy atom. The number of rotatable bonds is 5. The fraction of sp³-hybridized carbons (Fsp3) is 0.429. The first-order valence-electron chi connectivity index (χ1n) is 6.37. The summed E-state index contributed by atoms with van der Waals surface area (Å²) >= 11 is 0.847. The van der Waals surface area contributed by atoms with Gasteiger partial charge < -0.3 is 9.30 Å². The van der Waals surface area contributed by atoms with Crippen LogP contribution in [0.2, 0.25) is 25.7 Å². The minimum absolute atomic E-state index is 0.609. The van der Waals surface area contributed by atoms with Crippen LogP contribution in [-0.4, -0.2) is 19.2 Å². The number of aromatic nitrogens is 1. The first kappa shape index (κ1) is 16.9. The molecule has 100 valence electrons. The predicted octanol–water partition coefficient (Wildman–Crippen LogP) is 4.44. The van der Waals surface area contributed by atoms with Crippen molar-refractivity contribution in [1.82, 2.24) is 4.57 Å². The van der Waals surface area contributed by atoms with Crippen LogP contribution in [0.3, 0.4) is 0 Å². The molecule has 0 fully saturated rings. The van der Waals surface area contributed by atoms with Gasteiger partial charge in [-0.2, -0.15) is 11.5 Å². The molecule has 0 spiro atoms. The van der Waals surface area contributed by atoms with Crippen molar-refractivity contribution in [1.29, 1.82) is 0 Å². The molecule has 0 saturated heterocycles. The monoisotopic (exact) mass is 345 g/mol. The Kier molecular flexibility index (Phi) is 7.30. The van der Waals surface area contributed by atoms with Gasteiger partial charge in [0.2, 0.25) is 0 Å². The molecular weight excluding hydrogens is 327 g/mol. The van der Waals surface area contributed by atoms with E-state index in [1.165, 1.54) is 16.9 Å². The molecule has 0 aliphatic rings. The van der Waals surface area contributed by atoms with E-state index < -0.39 is 8.07 Å². The van der Waals surface area contributed by atoms with Crippen molar-refractivity contribution >= 4 is 28.7 Å². The van der Waals surface area contributed by atoms with E-state index in [1.807, 2.05) is 16.7 Å². The van der Waals surface area contributed by atoms with E-state index in [9.17, 15) is 0 Å². The van der Waals surface area contributed by atoms with Crippen LogP contribution < -0.4 is 0 Å². The molecule has 0 N–H and O–H groups in total. The Morgan fingerprint density at radius 3 is 2.63 bits per heavy atom. The van der Waals surface area contributed by atoms with E-state index in [-0.39, 0.29) is 0 Å².